The predicted molar refractivity (Wildman–Crippen MR) is 138 cm³/mol. The first kappa shape index (κ1) is 25.4. The molecule has 1 aliphatic heterocycles. The number of hydrogen-bond donors (Lipinski definition) is 3. The molecule has 1 saturated heterocycles. The third kappa shape index (κ3) is 5.30. The largest absolute Gasteiger partial charge is 0.497 e. The lowest BCUT2D eigenvalue weighted by atomic mass is 10.1. The predicted octanol–water partition coefficient (Wildman–Crippen LogP) is 2.65. The lowest BCUT2D eigenvalue weighted by molar-refractivity contribution is -0.127. The van der Waals surface area contributed by atoms with Crippen molar-refractivity contribution < 1.29 is 19.1 Å². The summed E-state index contributed by atoms with van der Waals surface area (Å²) in [5, 5.41) is 2.72. The first-order chi connectivity index (χ1) is 17.8. The summed E-state index contributed by atoms with van der Waals surface area (Å²) in [4.78, 5) is 48.2. The van der Waals surface area contributed by atoms with Gasteiger partial charge in [-0.3, -0.25) is 14.4 Å². The van der Waals surface area contributed by atoms with Crippen LogP contribution in [0.4, 0.5) is 5.82 Å². The van der Waals surface area contributed by atoms with Crippen molar-refractivity contribution in [2.75, 3.05) is 24.8 Å². The van der Waals surface area contributed by atoms with E-state index in [2.05, 4.69) is 15.3 Å². The minimum atomic E-state index is -0.746. The first-order valence-electron chi connectivity index (χ1n) is 11.9. The van der Waals surface area contributed by atoms with E-state index in [1.807, 2.05) is 6.92 Å². The van der Waals surface area contributed by atoms with Crippen LogP contribution in [0.15, 0.2) is 54.7 Å². The van der Waals surface area contributed by atoms with Gasteiger partial charge in [-0.25, -0.2) is 14.6 Å². The van der Waals surface area contributed by atoms with Gasteiger partial charge in [0.05, 0.1) is 13.2 Å². The van der Waals surface area contributed by atoms with Gasteiger partial charge in [0.1, 0.15) is 17.3 Å². The molecule has 0 unspecified atom stereocenters. The van der Waals surface area contributed by atoms with Gasteiger partial charge < -0.3 is 26.5 Å². The van der Waals surface area contributed by atoms with Crippen molar-refractivity contribution >= 4 is 23.5 Å². The van der Waals surface area contributed by atoms with Crippen LogP contribution in [0.3, 0.4) is 0 Å². The van der Waals surface area contributed by atoms with Crippen LogP contribution in [0, 0.1) is 0 Å². The highest BCUT2D eigenvalue weighted by atomic mass is 16.5. The summed E-state index contributed by atoms with van der Waals surface area (Å²) in [5.74, 6) is 6.34. The number of allylic oxidation sites excluding steroid dienone is 1. The molecule has 0 saturated carbocycles. The number of anilines is 1. The highest BCUT2D eigenvalue weighted by molar-refractivity contribution is 6.04. The number of nitrogen functional groups attached to an aromatic ring is 1. The Labute approximate surface area is 214 Å². The molecule has 1 aromatic carbocycles. The fraction of sp³-hybridized carbons (Fsp3) is 0.269. The van der Waals surface area contributed by atoms with Gasteiger partial charge in [0, 0.05) is 29.9 Å². The van der Waals surface area contributed by atoms with Gasteiger partial charge >= 0.3 is 0 Å². The summed E-state index contributed by atoms with van der Waals surface area (Å²) < 4.78 is 6.32. The lowest BCUT2D eigenvalue weighted by Gasteiger charge is -2.23. The molecule has 1 aliphatic rings. The van der Waals surface area contributed by atoms with Crippen LogP contribution in [-0.4, -0.2) is 50.9 Å². The van der Waals surface area contributed by atoms with Gasteiger partial charge in [0.15, 0.2) is 11.5 Å². The number of primary amides is 1. The van der Waals surface area contributed by atoms with Gasteiger partial charge in [-0.15, -0.1) is 0 Å². The number of nitrogens with zero attached hydrogens (tertiary/aromatic N) is 4. The molecule has 0 bridgehead atoms. The van der Waals surface area contributed by atoms with Gasteiger partial charge in [0.25, 0.3) is 11.8 Å². The molecule has 11 heteroatoms. The van der Waals surface area contributed by atoms with Gasteiger partial charge in [0.2, 0.25) is 5.91 Å². The average Bonchev–Trinajstić information content (AvgIpc) is 3.52. The average molecular weight is 504 g/mol. The van der Waals surface area contributed by atoms with E-state index in [-0.39, 0.29) is 29.2 Å². The topological polar surface area (TPSA) is 158 Å². The molecular formula is C26H29N7O4. The van der Waals surface area contributed by atoms with Gasteiger partial charge in [-0.2, -0.15) is 0 Å². The Morgan fingerprint density at radius 3 is 2.65 bits per heavy atom. The highest BCUT2D eigenvalue weighted by Gasteiger charge is 2.34. The third-order valence-electron chi connectivity index (χ3n) is 6.13. The lowest BCUT2D eigenvalue weighted by Crippen LogP contribution is -2.33. The van der Waals surface area contributed by atoms with E-state index in [1.165, 1.54) is 18.0 Å². The molecule has 5 N–H and O–H groups in total. The van der Waals surface area contributed by atoms with E-state index in [9.17, 15) is 14.4 Å². The maximum atomic E-state index is 12.7. The van der Waals surface area contributed by atoms with E-state index >= 15 is 0 Å². The normalized spacial score (nSPS) is 15.2. The Morgan fingerprint density at radius 1 is 1.22 bits per heavy atom. The zero-order valence-corrected chi connectivity index (χ0v) is 20.7. The van der Waals surface area contributed by atoms with Gasteiger partial charge in [-0.1, -0.05) is 25.1 Å². The van der Waals surface area contributed by atoms with Crippen LogP contribution in [-0.2, 0) is 4.79 Å². The molecule has 1 atom stereocenters. The second-order valence-corrected chi connectivity index (χ2v) is 8.51. The number of pyridine rings is 1. The molecule has 3 amide bonds. The van der Waals surface area contributed by atoms with Crippen molar-refractivity contribution in [2.24, 2.45) is 5.73 Å². The van der Waals surface area contributed by atoms with Crippen molar-refractivity contribution in [3.05, 3.63) is 71.8 Å². The summed E-state index contributed by atoms with van der Waals surface area (Å²) in [7, 11) is 1.53. The number of benzene rings is 1. The first-order valence-corrected chi connectivity index (χ1v) is 11.9. The Bertz CT molecular complexity index is 1350. The third-order valence-corrected chi connectivity index (χ3v) is 6.13. The smallest absolute Gasteiger partial charge is 0.269 e. The molecule has 3 heterocycles. The molecule has 37 heavy (non-hydrogen) atoms. The number of ether oxygens (including phenoxy) is 1. The maximum Gasteiger partial charge on any atom is 0.269 e. The maximum absolute atomic E-state index is 12.7. The Hall–Kier alpha value is -4.67. The van der Waals surface area contributed by atoms with Gasteiger partial charge in [-0.05, 0) is 43.5 Å². The van der Waals surface area contributed by atoms with E-state index < -0.39 is 5.91 Å². The van der Waals surface area contributed by atoms with Crippen molar-refractivity contribution in [1.82, 2.24) is 19.5 Å². The second kappa shape index (κ2) is 10.9. The Kier molecular flexibility index (Phi) is 7.52. The Morgan fingerprint density at radius 2 is 1.97 bits per heavy atom. The van der Waals surface area contributed by atoms with Crippen molar-refractivity contribution in [1.29, 1.82) is 0 Å². The molecule has 0 aliphatic carbocycles. The molecule has 1 fully saturated rings. The van der Waals surface area contributed by atoms with E-state index in [0.717, 1.165) is 12.8 Å². The number of methoxy groups -OCH3 is 1. The van der Waals surface area contributed by atoms with Crippen molar-refractivity contribution in [3.8, 4) is 17.0 Å². The molecule has 192 valence electrons. The molecule has 11 nitrogen and oxygen atoms in total. The Balaban J connectivity index is 1.61. The number of carbonyl (C=O) groups is 3. The number of imidazole rings is 1. The van der Waals surface area contributed by atoms with Crippen LogP contribution < -0.4 is 21.6 Å². The molecule has 0 spiro atoms. The highest BCUT2D eigenvalue weighted by Crippen LogP contribution is 2.34. The minimum absolute atomic E-state index is 0.0242. The summed E-state index contributed by atoms with van der Waals surface area (Å²) in [5.41, 5.74) is 6.90. The number of hydrogen-bond acceptors (Lipinski definition) is 7. The summed E-state index contributed by atoms with van der Waals surface area (Å²) in [6.45, 7) is 2.52. The number of likely N-dealkylation sites (tertiary alicyclic amines) is 1. The number of carbonyl (C=O) groups excluding carboxylic acids is 3. The standard InChI is InChI=1S/C26H29N7O4/c1-3-4-7-21(34)32-14-5-6-19(32)25-31-22(23(24(27)35)33(25)28)16-8-10-17(11-9-16)26(36)30-20-15-18(37-2)12-13-29-20/h4,7-13,15,19H,3,5-6,14,28H2,1-2H3,(H2,27,35)(H,29,30,36)/b7-4+/t19-/m0/s1. The number of nitrogens with one attached hydrogen (secondary N) is 1. The van der Waals surface area contributed by atoms with Crippen LogP contribution in [0.2, 0.25) is 0 Å². The number of aromatic nitrogens is 3. The van der Waals surface area contributed by atoms with Crippen molar-refractivity contribution in [3.63, 3.8) is 0 Å². The number of amides is 3. The molecule has 4 rings (SSSR count). The van der Waals surface area contributed by atoms with E-state index in [4.69, 9.17) is 16.3 Å². The number of nitrogens with two attached hydrogens (primary N) is 2. The fourth-order valence-corrected chi connectivity index (χ4v) is 4.31. The summed E-state index contributed by atoms with van der Waals surface area (Å²) in [6, 6.07) is 9.43. The van der Waals surface area contributed by atoms with Crippen LogP contribution >= 0.6 is 0 Å². The fourth-order valence-electron chi connectivity index (χ4n) is 4.31. The molecule has 0 radical (unpaired) electrons. The van der Waals surface area contributed by atoms with Crippen LogP contribution in [0.5, 0.6) is 5.75 Å². The van der Waals surface area contributed by atoms with Crippen LogP contribution in [0.25, 0.3) is 11.3 Å². The van der Waals surface area contributed by atoms with Crippen LogP contribution in [0.1, 0.15) is 58.9 Å². The van der Waals surface area contributed by atoms with E-state index in [0.29, 0.717) is 41.5 Å². The minimum Gasteiger partial charge on any atom is -0.497 e. The zero-order chi connectivity index (χ0) is 26.5. The molecule has 2 aromatic heterocycles. The summed E-state index contributed by atoms with van der Waals surface area (Å²) >= 11 is 0. The SMILES string of the molecule is CC/C=C/C(=O)N1CCC[C@H]1c1nc(-c2ccc(C(=O)Nc3cc(OC)ccn3)cc2)c(C(N)=O)n1N. The number of rotatable bonds is 8. The monoisotopic (exact) mass is 503 g/mol. The van der Waals surface area contributed by atoms with E-state index in [1.54, 1.807) is 53.5 Å². The second-order valence-electron chi connectivity index (χ2n) is 8.51. The zero-order valence-electron chi connectivity index (χ0n) is 20.7. The molecule has 3 aromatic rings. The quantitative estimate of drug-likeness (QED) is 0.315. The summed E-state index contributed by atoms with van der Waals surface area (Å²) in [6.07, 6.45) is 7.07. The molecular weight excluding hydrogens is 474 g/mol. The van der Waals surface area contributed by atoms with Crippen molar-refractivity contribution in [2.45, 2.75) is 32.2 Å².